The van der Waals surface area contributed by atoms with Gasteiger partial charge in [-0.15, -0.1) is 0 Å². The van der Waals surface area contributed by atoms with E-state index in [1.54, 1.807) is 6.92 Å². The van der Waals surface area contributed by atoms with Gasteiger partial charge in [0.25, 0.3) is 0 Å². The van der Waals surface area contributed by atoms with Crippen LogP contribution in [0.4, 0.5) is 0 Å². The summed E-state index contributed by atoms with van der Waals surface area (Å²) in [5, 5.41) is 16.7. The van der Waals surface area contributed by atoms with Gasteiger partial charge in [-0.25, -0.2) is 4.79 Å². The van der Waals surface area contributed by atoms with Crippen molar-refractivity contribution in [1.29, 1.82) is 0 Å². The molecule has 0 saturated heterocycles. The zero-order chi connectivity index (χ0) is 11.4. The number of aliphatic hydroxyl groups excluding tert-OH is 2. The first kappa shape index (κ1) is 15.6. The van der Waals surface area contributed by atoms with Crippen molar-refractivity contribution < 1.29 is 24.5 Å². The van der Waals surface area contributed by atoms with Gasteiger partial charge in [-0.2, -0.15) is 0 Å². The normalized spacial score (nSPS) is 10.9. The van der Waals surface area contributed by atoms with Crippen molar-refractivity contribution in [3.63, 3.8) is 0 Å². The average molecular weight is 206 g/mol. The lowest BCUT2D eigenvalue weighted by Gasteiger charge is -2.02. The number of aliphatic hydroxyl groups is 2. The lowest BCUT2D eigenvalue weighted by Crippen LogP contribution is -2.12. The van der Waals surface area contributed by atoms with Gasteiger partial charge in [0, 0.05) is 6.08 Å². The third kappa shape index (κ3) is 17.3. The van der Waals surface area contributed by atoms with Crippen molar-refractivity contribution in [2.75, 3.05) is 26.9 Å². The molecule has 0 aromatic carbocycles. The molecule has 2 N–H and O–H groups in total. The fourth-order valence-electron chi connectivity index (χ4n) is 0.402. The Hall–Kier alpha value is -0.910. The molecule has 1 atom stereocenters. The zero-order valence-corrected chi connectivity index (χ0v) is 8.60. The molecule has 0 spiro atoms. The maximum absolute atomic E-state index is 9.84. The number of hydrogen-bond acceptors (Lipinski definition) is 5. The summed E-state index contributed by atoms with van der Waals surface area (Å²) in [5.74, 6) is -0.394. The molecular formula is C9H18O5. The summed E-state index contributed by atoms with van der Waals surface area (Å²) < 4.78 is 8.89. The third-order valence-corrected chi connectivity index (χ3v) is 0.963. The predicted molar refractivity (Wildman–Crippen MR) is 51.8 cm³/mol. The van der Waals surface area contributed by atoms with E-state index in [9.17, 15) is 4.79 Å². The van der Waals surface area contributed by atoms with E-state index in [0.29, 0.717) is 13.2 Å². The van der Waals surface area contributed by atoms with E-state index in [4.69, 9.17) is 14.9 Å². The molecule has 1 unspecified atom stereocenters. The van der Waals surface area contributed by atoms with Gasteiger partial charge in [0.1, 0.15) is 0 Å². The molecule has 5 nitrogen and oxygen atoms in total. The number of ether oxygens (including phenoxy) is 2. The van der Waals surface area contributed by atoms with Gasteiger partial charge in [0.05, 0.1) is 33.0 Å². The zero-order valence-electron chi connectivity index (χ0n) is 8.60. The second-order valence-electron chi connectivity index (χ2n) is 2.37. The quantitative estimate of drug-likeness (QED) is 0.367. The van der Waals surface area contributed by atoms with Crippen molar-refractivity contribution in [2.45, 2.75) is 13.0 Å². The minimum Gasteiger partial charge on any atom is -0.466 e. The molecule has 0 aliphatic carbocycles. The first-order valence-corrected chi connectivity index (χ1v) is 4.15. The Bertz CT molecular complexity index is 144. The van der Waals surface area contributed by atoms with Crippen LogP contribution in [0.15, 0.2) is 12.7 Å². The van der Waals surface area contributed by atoms with Crippen molar-refractivity contribution >= 4 is 5.97 Å². The maximum Gasteiger partial charge on any atom is 0.329 e. The van der Waals surface area contributed by atoms with E-state index in [1.165, 1.54) is 7.11 Å². The summed E-state index contributed by atoms with van der Waals surface area (Å²) >= 11 is 0. The van der Waals surface area contributed by atoms with E-state index >= 15 is 0 Å². The topological polar surface area (TPSA) is 76.0 Å². The highest BCUT2D eigenvalue weighted by molar-refractivity contribution is 5.80. The SMILES string of the molecule is C=CC(=O)OC.CC(O)COCCO. The van der Waals surface area contributed by atoms with Crippen LogP contribution in [0.1, 0.15) is 6.92 Å². The Morgan fingerprint density at radius 1 is 1.64 bits per heavy atom. The molecule has 0 aliphatic rings. The Labute approximate surface area is 84.0 Å². The fraction of sp³-hybridized carbons (Fsp3) is 0.667. The Kier molecular flexibility index (Phi) is 13.4. The van der Waals surface area contributed by atoms with Crippen LogP contribution in [-0.2, 0) is 14.3 Å². The molecule has 0 fully saturated rings. The molecular weight excluding hydrogens is 188 g/mol. The summed E-state index contributed by atoms with van der Waals surface area (Å²) in [6.07, 6.45) is 0.682. The summed E-state index contributed by atoms with van der Waals surface area (Å²) in [4.78, 5) is 9.84. The highest BCUT2D eigenvalue weighted by Crippen LogP contribution is 1.80. The fourth-order valence-corrected chi connectivity index (χ4v) is 0.402. The molecule has 0 aliphatic heterocycles. The molecule has 0 amide bonds. The van der Waals surface area contributed by atoms with Crippen LogP contribution in [0.25, 0.3) is 0 Å². The Morgan fingerprint density at radius 2 is 2.21 bits per heavy atom. The smallest absolute Gasteiger partial charge is 0.329 e. The summed E-state index contributed by atoms with van der Waals surface area (Å²) in [5.41, 5.74) is 0. The molecule has 0 heterocycles. The molecule has 0 bridgehead atoms. The van der Waals surface area contributed by atoms with Crippen LogP contribution in [0.2, 0.25) is 0 Å². The second-order valence-corrected chi connectivity index (χ2v) is 2.37. The molecule has 0 aromatic rings. The van der Waals surface area contributed by atoms with Gasteiger partial charge >= 0.3 is 5.97 Å². The van der Waals surface area contributed by atoms with Gasteiger partial charge < -0.3 is 19.7 Å². The van der Waals surface area contributed by atoms with Gasteiger partial charge in [-0.1, -0.05) is 6.58 Å². The van der Waals surface area contributed by atoms with Crippen LogP contribution in [0.3, 0.4) is 0 Å². The van der Waals surface area contributed by atoms with E-state index < -0.39 is 12.1 Å². The molecule has 0 saturated carbocycles. The number of methoxy groups -OCH3 is 1. The number of rotatable bonds is 5. The van der Waals surface area contributed by atoms with E-state index in [2.05, 4.69) is 11.3 Å². The van der Waals surface area contributed by atoms with Gasteiger partial charge in [0.2, 0.25) is 0 Å². The van der Waals surface area contributed by atoms with Crippen LogP contribution in [0.5, 0.6) is 0 Å². The number of carbonyl (C=O) groups excluding carboxylic acids is 1. The maximum atomic E-state index is 9.84. The third-order valence-electron chi connectivity index (χ3n) is 0.963. The number of carbonyl (C=O) groups is 1. The number of hydrogen-bond donors (Lipinski definition) is 2. The van der Waals surface area contributed by atoms with Crippen molar-refractivity contribution in [3.8, 4) is 0 Å². The molecule has 0 radical (unpaired) electrons. The van der Waals surface area contributed by atoms with Crippen molar-refractivity contribution in [1.82, 2.24) is 0 Å². The average Bonchev–Trinajstić information content (AvgIpc) is 2.17. The van der Waals surface area contributed by atoms with E-state index in [0.717, 1.165) is 6.08 Å². The largest absolute Gasteiger partial charge is 0.466 e. The van der Waals surface area contributed by atoms with Crippen LogP contribution in [0, 0.1) is 0 Å². The van der Waals surface area contributed by atoms with Gasteiger partial charge in [-0.3, -0.25) is 0 Å². The Balaban J connectivity index is 0. The van der Waals surface area contributed by atoms with Crippen molar-refractivity contribution in [3.05, 3.63) is 12.7 Å². The van der Waals surface area contributed by atoms with E-state index in [-0.39, 0.29) is 6.61 Å². The lowest BCUT2D eigenvalue weighted by molar-refractivity contribution is -0.134. The standard InChI is InChI=1S/C5H12O3.C4H6O2/c1-5(7)4-8-3-2-6;1-3-4(5)6-2/h5-7H,2-4H2,1H3;3H,1H2,2H3. The van der Waals surface area contributed by atoms with E-state index in [1.807, 2.05) is 0 Å². The van der Waals surface area contributed by atoms with Crippen molar-refractivity contribution in [2.24, 2.45) is 0 Å². The van der Waals surface area contributed by atoms with Gasteiger partial charge in [0.15, 0.2) is 0 Å². The lowest BCUT2D eigenvalue weighted by atomic mass is 10.4. The molecule has 84 valence electrons. The summed E-state index contributed by atoms with van der Waals surface area (Å²) in [7, 11) is 1.31. The minimum absolute atomic E-state index is 0.0206. The molecule has 0 rings (SSSR count). The highest BCUT2D eigenvalue weighted by atomic mass is 16.5. The van der Waals surface area contributed by atoms with Crippen LogP contribution >= 0.6 is 0 Å². The Morgan fingerprint density at radius 3 is 2.43 bits per heavy atom. The van der Waals surface area contributed by atoms with Crippen LogP contribution < -0.4 is 0 Å². The first-order valence-electron chi connectivity index (χ1n) is 4.15. The molecule has 0 aromatic heterocycles. The van der Waals surface area contributed by atoms with Gasteiger partial charge in [-0.05, 0) is 6.92 Å². The summed E-state index contributed by atoms with van der Waals surface area (Å²) in [6, 6.07) is 0. The highest BCUT2D eigenvalue weighted by Gasteiger charge is 1.91. The van der Waals surface area contributed by atoms with Crippen LogP contribution in [-0.4, -0.2) is 49.2 Å². The molecule has 5 heteroatoms. The molecule has 14 heavy (non-hydrogen) atoms. The predicted octanol–water partition coefficient (Wildman–Crippen LogP) is -0.279. The first-order chi connectivity index (χ1) is 6.58. The minimum atomic E-state index is -0.429. The summed E-state index contributed by atoms with van der Waals surface area (Å²) in [6.45, 7) is 5.43. The second kappa shape index (κ2) is 12.1. The monoisotopic (exact) mass is 206 g/mol. The number of esters is 1.